The lowest BCUT2D eigenvalue weighted by molar-refractivity contribution is 0.0984. The maximum Gasteiger partial charge on any atom is 0.0577 e. The minimum absolute atomic E-state index is 0.408. The molecule has 1 saturated carbocycles. The molecule has 0 unspecified atom stereocenters. The number of hydrogen-bond acceptors (Lipinski definition) is 1. The number of rotatable bonds is 3. The molecule has 0 saturated heterocycles. The first-order valence-electron chi connectivity index (χ1n) is 4.90. The van der Waals surface area contributed by atoms with Crippen LogP contribution in [0.3, 0.4) is 0 Å². The second-order valence-electron chi connectivity index (χ2n) is 3.86. The lowest BCUT2D eigenvalue weighted by atomic mass is 10.1. The summed E-state index contributed by atoms with van der Waals surface area (Å²) in [7, 11) is 1.80. The Morgan fingerprint density at radius 1 is 1.31 bits per heavy atom. The molecule has 1 aliphatic carbocycles. The Hall–Kier alpha value is -0.820. The van der Waals surface area contributed by atoms with Crippen molar-refractivity contribution in [3.05, 3.63) is 35.9 Å². The van der Waals surface area contributed by atoms with Crippen LogP contribution in [0.25, 0.3) is 0 Å². The van der Waals surface area contributed by atoms with Crippen LogP contribution in [0.5, 0.6) is 0 Å². The average Bonchev–Trinajstić information content (AvgIpc) is 2.98. The van der Waals surface area contributed by atoms with Gasteiger partial charge in [0, 0.05) is 7.11 Å². The summed E-state index contributed by atoms with van der Waals surface area (Å²) in [6, 6.07) is 10.7. The van der Waals surface area contributed by atoms with Gasteiger partial charge in [-0.25, -0.2) is 0 Å². The fraction of sp³-hybridized carbons (Fsp3) is 0.500. The maximum atomic E-state index is 5.33. The van der Waals surface area contributed by atoms with Gasteiger partial charge in [0.25, 0.3) is 0 Å². The molecule has 0 bridgehead atoms. The summed E-state index contributed by atoms with van der Waals surface area (Å²) >= 11 is 0. The van der Waals surface area contributed by atoms with E-state index in [0.29, 0.717) is 6.10 Å². The molecule has 0 radical (unpaired) electrons. The van der Waals surface area contributed by atoms with Gasteiger partial charge in [-0.1, -0.05) is 30.3 Å². The zero-order valence-corrected chi connectivity index (χ0v) is 8.23. The van der Waals surface area contributed by atoms with Gasteiger partial charge in [-0.3, -0.25) is 0 Å². The SMILES string of the molecule is CO[C@H](C)[C@H]1C[C@H]1c1ccccc1. The monoisotopic (exact) mass is 176 g/mol. The Balaban J connectivity index is 2.00. The highest BCUT2D eigenvalue weighted by Crippen LogP contribution is 2.49. The second kappa shape index (κ2) is 3.51. The molecule has 0 spiro atoms. The first-order chi connectivity index (χ1) is 6.33. The highest BCUT2D eigenvalue weighted by molar-refractivity contribution is 5.26. The molecule has 0 heterocycles. The predicted octanol–water partition coefficient (Wildman–Crippen LogP) is 2.83. The van der Waals surface area contributed by atoms with E-state index in [4.69, 9.17) is 4.74 Å². The lowest BCUT2D eigenvalue weighted by Gasteiger charge is -2.08. The van der Waals surface area contributed by atoms with Crippen molar-refractivity contribution in [2.24, 2.45) is 5.92 Å². The van der Waals surface area contributed by atoms with Crippen LogP contribution >= 0.6 is 0 Å². The third kappa shape index (κ3) is 1.75. The van der Waals surface area contributed by atoms with E-state index in [9.17, 15) is 0 Å². The van der Waals surface area contributed by atoms with Gasteiger partial charge in [0.15, 0.2) is 0 Å². The van der Waals surface area contributed by atoms with Crippen molar-refractivity contribution < 1.29 is 4.74 Å². The van der Waals surface area contributed by atoms with Gasteiger partial charge in [0.05, 0.1) is 6.10 Å². The second-order valence-corrected chi connectivity index (χ2v) is 3.86. The van der Waals surface area contributed by atoms with Crippen molar-refractivity contribution >= 4 is 0 Å². The Labute approximate surface area is 79.7 Å². The number of ether oxygens (including phenoxy) is 1. The fourth-order valence-corrected chi connectivity index (χ4v) is 1.99. The summed E-state index contributed by atoms with van der Waals surface area (Å²) in [5, 5.41) is 0. The summed E-state index contributed by atoms with van der Waals surface area (Å²) in [6.45, 7) is 2.16. The molecule has 0 aliphatic heterocycles. The van der Waals surface area contributed by atoms with Gasteiger partial charge >= 0.3 is 0 Å². The first kappa shape index (κ1) is 8.76. The Bertz CT molecular complexity index is 268. The molecule has 70 valence electrons. The summed E-state index contributed by atoms with van der Waals surface area (Å²) in [5.74, 6) is 1.49. The van der Waals surface area contributed by atoms with Crippen molar-refractivity contribution in [3.8, 4) is 0 Å². The van der Waals surface area contributed by atoms with E-state index in [-0.39, 0.29) is 0 Å². The summed E-state index contributed by atoms with van der Waals surface area (Å²) in [5.41, 5.74) is 1.47. The van der Waals surface area contributed by atoms with Crippen LogP contribution in [-0.2, 0) is 4.74 Å². The Morgan fingerprint density at radius 2 is 2.00 bits per heavy atom. The minimum atomic E-state index is 0.408. The third-order valence-electron chi connectivity index (χ3n) is 3.04. The smallest absolute Gasteiger partial charge is 0.0577 e. The molecule has 1 aromatic carbocycles. The molecule has 13 heavy (non-hydrogen) atoms. The largest absolute Gasteiger partial charge is 0.381 e. The summed E-state index contributed by atoms with van der Waals surface area (Å²) in [4.78, 5) is 0. The molecule has 0 N–H and O–H groups in total. The molecule has 1 aromatic rings. The normalized spacial score (nSPS) is 28.5. The molecule has 0 aromatic heterocycles. The fourth-order valence-electron chi connectivity index (χ4n) is 1.99. The molecular formula is C12H16O. The van der Waals surface area contributed by atoms with Crippen molar-refractivity contribution in [1.29, 1.82) is 0 Å². The maximum absolute atomic E-state index is 5.33. The Kier molecular flexibility index (Phi) is 2.36. The van der Waals surface area contributed by atoms with Crippen molar-refractivity contribution in [2.45, 2.75) is 25.4 Å². The van der Waals surface area contributed by atoms with Crippen LogP contribution in [0, 0.1) is 5.92 Å². The minimum Gasteiger partial charge on any atom is -0.381 e. The molecule has 1 heteroatoms. The van der Waals surface area contributed by atoms with E-state index in [2.05, 4.69) is 37.3 Å². The van der Waals surface area contributed by atoms with Gasteiger partial charge in [-0.2, -0.15) is 0 Å². The highest BCUT2D eigenvalue weighted by atomic mass is 16.5. The molecule has 1 nitrogen and oxygen atoms in total. The van der Waals surface area contributed by atoms with E-state index < -0.39 is 0 Å². The summed E-state index contributed by atoms with van der Waals surface area (Å²) < 4.78 is 5.33. The van der Waals surface area contributed by atoms with Gasteiger partial charge in [0.2, 0.25) is 0 Å². The van der Waals surface area contributed by atoms with E-state index in [0.717, 1.165) is 11.8 Å². The van der Waals surface area contributed by atoms with Crippen LogP contribution in [0.4, 0.5) is 0 Å². The van der Waals surface area contributed by atoms with Gasteiger partial charge in [-0.05, 0) is 30.7 Å². The first-order valence-corrected chi connectivity index (χ1v) is 4.90. The zero-order valence-electron chi connectivity index (χ0n) is 8.23. The topological polar surface area (TPSA) is 9.23 Å². The standard InChI is InChI=1S/C12H16O/c1-9(13-2)11-8-12(11)10-6-4-3-5-7-10/h3-7,9,11-12H,8H2,1-2H3/t9-,11-,12+/m1/s1. The van der Waals surface area contributed by atoms with Crippen molar-refractivity contribution in [2.75, 3.05) is 7.11 Å². The van der Waals surface area contributed by atoms with E-state index in [1.54, 1.807) is 7.11 Å². The number of methoxy groups -OCH3 is 1. The van der Waals surface area contributed by atoms with E-state index >= 15 is 0 Å². The molecule has 0 amide bonds. The van der Waals surface area contributed by atoms with Gasteiger partial charge in [-0.15, -0.1) is 0 Å². The van der Waals surface area contributed by atoms with Crippen LogP contribution in [0.15, 0.2) is 30.3 Å². The van der Waals surface area contributed by atoms with Crippen molar-refractivity contribution in [3.63, 3.8) is 0 Å². The van der Waals surface area contributed by atoms with E-state index in [1.807, 2.05) is 0 Å². The number of benzene rings is 1. The highest BCUT2D eigenvalue weighted by Gasteiger charge is 2.41. The van der Waals surface area contributed by atoms with Crippen LogP contribution in [0.1, 0.15) is 24.8 Å². The third-order valence-corrected chi connectivity index (χ3v) is 3.04. The molecule has 2 rings (SSSR count). The number of hydrogen-bond donors (Lipinski definition) is 0. The molecule has 1 fully saturated rings. The van der Waals surface area contributed by atoms with Crippen molar-refractivity contribution in [1.82, 2.24) is 0 Å². The molecule has 1 aliphatic rings. The average molecular weight is 176 g/mol. The lowest BCUT2D eigenvalue weighted by Crippen LogP contribution is -2.08. The Morgan fingerprint density at radius 3 is 2.62 bits per heavy atom. The molecule has 3 atom stereocenters. The van der Waals surface area contributed by atoms with Gasteiger partial charge < -0.3 is 4.74 Å². The quantitative estimate of drug-likeness (QED) is 0.688. The summed E-state index contributed by atoms with van der Waals surface area (Å²) in [6.07, 6.45) is 1.70. The van der Waals surface area contributed by atoms with Crippen LogP contribution in [0.2, 0.25) is 0 Å². The van der Waals surface area contributed by atoms with E-state index in [1.165, 1.54) is 12.0 Å². The predicted molar refractivity (Wildman–Crippen MR) is 53.8 cm³/mol. The molecular weight excluding hydrogens is 160 g/mol. The zero-order chi connectivity index (χ0) is 9.26. The van der Waals surface area contributed by atoms with Crippen LogP contribution < -0.4 is 0 Å². The van der Waals surface area contributed by atoms with Gasteiger partial charge in [0.1, 0.15) is 0 Å². The van der Waals surface area contributed by atoms with Crippen LogP contribution in [-0.4, -0.2) is 13.2 Å².